The van der Waals surface area contributed by atoms with Gasteiger partial charge in [0.2, 0.25) is 11.8 Å². The van der Waals surface area contributed by atoms with Crippen molar-refractivity contribution in [1.29, 1.82) is 0 Å². The van der Waals surface area contributed by atoms with Gasteiger partial charge in [-0.05, 0) is 99.6 Å². The Labute approximate surface area is 316 Å². The van der Waals surface area contributed by atoms with Gasteiger partial charge in [0, 0.05) is 49.6 Å². The number of rotatable bonds is 21. The second kappa shape index (κ2) is 19.1. The predicted molar refractivity (Wildman–Crippen MR) is 207 cm³/mol. The molecule has 0 aromatic heterocycles. The maximum atomic E-state index is 14.1. The Hall–Kier alpha value is -3.69. The molecule has 3 fully saturated rings. The molecule has 1 aliphatic heterocycles. The summed E-state index contributed by atoms with van der Waals surface area (Å²) < 4.78 is 0. The number of benzene rings is 2. The first-order chi connectivity index (χ1) is 25.5. The maximum absolute atomic E-state index is 14.1. The van der Waals surface area contributed by atoms with Crippen molar-refractivity contribution in [3.8, 4) is 0 Å². The van der Waals surface area contributed by atoms with E-state index >= 15 is 0 Å². The highest BCUT2D eigenvalue weighted by Gasteiger charge is 2.51. The molecule has 0 radical (unpaired) electrons. The number of hydrogen-bond acceptors (Lipinski definition) is 7. The lowest BCUT2D eigenvalue weighted by Gasteiger charge is -2.52. The van der Waals surface area contributed by atoms with Crippen LogP contribution in [0.3, 0.4) is 0 Å². The molecule has 1 saturated heterocycles. The molecule has 2 saturated carbocycles. The molecule has 9 heteroatoms. The molecule has 9 nitrogen and oxygen atoms in total. The fourth-order valence-corrected chi connectivity index (χ4v) is 8.55. The zero-order valence-electron chi connectivity index (χ0n) is 32.0. The molecular weight excluding hydrogens is 665 g/mol. The first-order valence-electron chi connectivity index (χ1n) is 20.2. The first-order valence-corrected chi connectivity index (χ1v) is 20.2. The fraction of sp³-hybridized carbons (Fsp3) is 0.614. The highest BCUT2D eigenvalue weighted by atomic mass is 16.2. The summed E-state index contributed by atoms with van der Waals surface area (Å²) in [6.07, 6.45) is 9.05. The highest BCUT2D eigenvalue weighted by molar-refractivity contribution is 5.95. The van der Waals surface area contributed by atoms with Crippen molar-refractivity contribution >= 4 is 29.2 Å². The summed E-state index contributed by atoms with van der Waals surface area (Å²) in [5, 5.41) is 3.05. The minimum absolute atomic E-state index is 0.00438. The van der Waals surface area contributed by atoms with Crippen LogP contribution >= 0.6 is 0 Å². The zero-order chi connectivity index (χ0) is 38.0. The van der Waals surface area contributed by atoms with E-state index in [1.807, 2.05) is 79.4 Å². The van der Waals surface area contributed by atoms with Gasteiger partial charge in [0.05, 0.1) is 12.1 Å². The van der Waals surface area contributed by atoms with E-state index in [-0.39, 0.29) is 53.5 Å². The van der Waals surface area contributed by atoms with E-state index in [4.69, 9.17) is 11.5 Å². The molecule has 1 spiro atoms. The fourth-order valence-electron chi connectivity index (χ4n) is 8.55. The van der Waals surface area contributed by atoms with Crippen molar-refractivity contribution in [1.82, 2.24) is 10.2 Å². The van der Waals surface area contributed by atoms with Gasteiger partial charge in [0.1, 0.15) is 5.78 Å². The Balaban J connectivity index is 1.23. The van der Waals surface area contributed by atoms with E-state index in [9.17, 15) is 24.0 Å². The second-order valence-electron chi connectivity index (χ2n) is 16.8. The summed E-state index contributed by atoms with van der Waals surface area (Å²) in [4.78, 5) is 70.3. The maximum Gasteiger partial charge on any atom is 0.226 e. The summed E-state index contributed by atoms with van der Waals surface area (Å²) in [6, 6.07) is 17.6. The van der Waals surface area contributed by atoms with Crippen LogP contribution in [0.5, 0.6) is 0 Å². The van der Waals surface area contributed by atoms with Crippen LogP contribution in [0.2, 0.25) is 0 Å². The number of amides is 2. The van der Waals surface area contributed by atoms with Crippen molar-refractivity contribution in [2.75, 3.05) is 19.6 Å². The molecule has 5 N–H and O–H groups in total. The molecule has 0 bridgehead atoms. The van der Waals surface area contributed by atoms with Crippen LogP contribution in [0.15, 0.2) is 60.7 Å². The summed E-state index contributed by atoms with van der Waals surface area (Å²) in [5.74, 6) is -0.813. The second-order valence-corrected chi connectivity index (χ2v) is 16.8. The smallest absolute Gasteiger partial charge is 0.226 e. The highest BCUT2D eigenvalue weighted by Crippen LogP contribution is 2.55. The molecule has 2 amide bonds. The van der Waals surface area contributed by atoms with Gasteiger partial charge < -0.3 is 21.7 Å². The topological polar surface area (TPSA) is 153 Å². The molecule has 3 aliphatic rings. The summed E-state index contributed by atoms with van der Waals surface area (Å²) in [7, 11) is 0. The van der Waals surface area contributed by atoms with Crippen LogP contribution in [0.25, 0.3) is 0 Å². The van der Waals surface area contributed by atoms with Crippen LogP contribution in [-0.4, -0.2) is 65.8 Å². The Bertz CT molecular complexity index is 1530. The third kappa shape index (κ3) is 11.6. The number of carbonyl (C=O) groups is 5. The monoisotopic (exact) mass is 726 g/mol. The van der Waals surface area contributed by atoms with E-state index in [0.29, 0.717) is 57.0 Å². The summed E-state index contributed by atoms with van der Waals surface area (Å²) in [6.45, 7) is 5.84. The van der Waals surface area contributed by atoms with E-state index in [2.05, 4.69) is 5.32 Å². The number of hydrogen-bond donors (Lipinski definition) is 3. The lowest BCUT2D eigenvalue weighted by molar-refractivity contribution is -0.145. The Kier molecular flexibility index (Phi) is 14.6. The number of unbranched alkanes of at least 4 members (excludes halogenated alkanes) is 1. The normalized spacial score (nSPS) is 19.2. The molecule has 288 valence electrons. The van der Waals surface area contributed by atoms with Crippen LogP contribution in [0.1, 0.15) is 102 Å². The number of likely N-dealkylation sites (tertiary alicyclic amines) is 1. The predicted octanol–water partition coefficient (Wildman–Crippen LogP) is 5.61. The number of nitrogens with one attached hydrogen (secondary N) is 1. The van der Waals surface area contributed by atoms with Gasteiger partial charge in [-0.2, -0.15) is 0 Å². The van der Waals surface area contributed by atoms with E-state index < -0.39 is 23.9 Å². The van der Waals surface area contributed by atoms with Gasteiger partial charge in [-0.15, -0.1) is 0 Å². The van der Waals surface area contributed by atoms with Crippen molar-refractivity contribution in [2.45, 2.75) is 116 Å². The van der Waals surface area contributed by atoms with Gasteiger partial charge in [-0.1, -0.05) is 80.9 Å². The lowest BCUT2D eigenvalue weighted by atomic mass is 9.56. The third-order valence-electron chi connectivity index (χ3n) is 11.9. The molecule has 2 aromatic carbocycles. The molecular formula is C44H62N4O5. The van der Waals surface area contributed by atoms with Crippen LogP contribution in [0.4, 0.5) is 0 Å². The van der Waals surface area contributed by atoms with Crippen molar-refractivity contribution in [2.24, 2.45) is 46.5 Å². The van der Waals surface area contributed by atoms with Gasteiger partial charge in [0.25, 0.3) is 0 Å². The quantitative estimate of drug-likeness (QED) is 0.142. The number of piperidine rings is 1. The number of nitrogens with two attached hydrogens (primary N) is 2. The van der Waals surface area contributed by atoms with Crippen LogP contribution in [-0.2, 0) is 36.8 Å². The Morgan fingerprint density at radius 3 is 1.94 bits per heavy atom. The van der Waals surface area contributed by atoms with E-state index in [1.165, 1.54) is 0 Å². The van der Waals surface area contributed by atoms with Crippen LogP contribution < -0.4 is 16.8 Å². The average Bonchev–Trinajstić information content (AvgIpc) is 3.99. The van der Waals surface area contributed by atoms with Crippen molar-refractivity contribution < 1.29 is 24.0 Å². The molecule has 2 aliphatic carbocycles. The number of Topliss-reactive ketones (excluding diaryl/α,β-unsaturated/α-hetero) is 3. The lowest BCUT2D eigenvalue weighted by Crippen LogP contribution is -2.52. The SMILES string of the molecule is CC(C)C[C@@H](NC(=O)[C@H](CC(=O)[C@H](N)Cc1ccccc1)Cc1ccccc1)C(=O)C[C@H](CCCCN)C(=O)N1CCC2(CC1)CC(C(=O)C1CC1)C2. The minimum Gasteiger partial charge on any atom is -0.346 e. The standard InChI is InChI=1S/C44H62N4O5/c1-30(2)23-38(47-42(52)35(24-31-11-5-3-6-12-31)27-39(49)37(46)25-32-13-7-4-8-14-32)40(50)26-34(15-9-10-20-45)43(53)48-21-18-44(19-22-48)28-36(29-44)41(51)33-16-17-33/h3-8,11-14,30,33-38H,9-10,15-29,45-46H2,1-2H3,(H,47,52)/t34-,35-,37+,38+/m0/s1. The van der Waals surface area contributed by atoms with Gasteiger partial charge in [-0.3, -0.25) is 24.0 Å². The molecule has 4 atom stereocenters. The molecule has 1 heterocycles. The average molecular weight is 727 g/mol. The summed E-state index contributed by atoms with van der Waals surface area (Å²) >= 11 is 0. The molecule has 5 rings (SSSR count). The largest absolute Gasteiger partial charge is 0.346 e. The first kappa shape index (κ1) is 40.5. The Morgan fingerprint density at radius 2 is 1.38 bits per heavy atom. The van der Waals surface area contributed by atoms with Crippen molar-refractivity contribution in [3.05, 3.63) is 71.8 Å². The number of ketones is 3. The number of nitrogens with zero attached hydrogens (tertiary/aromatic N) is 1. The zero-order valence-corrected chi connectivity index (χ0v) is 32.0. The van der Waals surface area contributed by atoms with Gasteiger partial charge in [-0.25, -0.2) is 0 Å². The van der Waals surface area contributed by atoms with E-state index in [1.54, 1.807) is 0 Å². The minimum atomic E-state index is -0.779. The van der Waals surface area contributed by atoms with Gasteiger partial charge >= 0.3 is 0 Å². The van der Waals surface area contributed by atoms with Gasteiger partial charge in [0.15, 0.2) is 11.6 Å². The summed E-state index contributed by atoms with van der Waals surface area (Å²) in [5.41, 5.74) is 14.2. The molecule has 53 heavy (non-hydrogen) atoms. The third-order valence-corrected chi connectivity index (χ3v) is 11.9. The molecule has 2 aromatic rings. The van der Waals surface area contributed by atoms with Crippen LogP contribution in [0, 0.1) is 35.0 Å². The molecule has 0 unspecified atom stereocenters. The Morgan fingerprint density at radius 1 is 0.792 bits per heavy atom. The van der Waals surface area contributed by atoms with Crippen molar-refractivity contribution in [3.63, 3.8) is 0 Å². The van der Waals surface area contributed by atoms with E-state index in [0.717, 1.165) is 62.5 Å². The number of carbonyl (C=O) groups excluding carboxylic acids is 5.